The number of rotatable bonds is 4. The number of carbonyl (C=O) groups excluding carboxylic acids is 1. The fourth-order valence-electron chi connectivity index (χ4n) is 1.91. The Kier molecular flexibility index (Phi) is 5.81. The zero-order valence-corrected chi connectivity index (χ0v) is 12.8. The third kappa shape index (κ3) is 4.78. The third-order valence-corrected chi connectivity index (χ3v) is 3.07. The monoisotopic (exact) mass is 324 g/mol. The van der Waals surface area contributed by atoms with E-state index in [0.29, 0.717) is 0 Å². The molecule has 0 atom stereocenters. The van der Waals surface area contributed by atoms with Gasteiger partial charge in [0.1, 0.15) is 6.61 Å². The first-order chi connectivity index (χ1) is 11.6. The molecule has 0 aliphatic carbocycles. The van der Waals surface area contributed by atoms with Gasteiger partial charge >= 0.3 is 12.1 Å². The lowest BCUT2D eigenvalue weighted by molar-refractivity contribution is 0.0696. The highest BCUT2D eigenvalue weighted by molar-refractivity contribution is 5.92. The highest BCUT2D eigenvalue weighted by Crippen LogP contribution is 2.15. The van der Waals surface area contributed by atoms with Crippen LogP contribution < -0.4 is 11.1 Å². The fourth-order valence-corrected chi connectivity index (χ4v) is 1.91. The normalized spacial score (nSPS) is 9.50. The van der Waals surface area contributed by atoms with Crippen molar-refractivity contribution in [3.05, 3.63) is 65.2 Å². The molecule has 6 heteroatoms. The van der Waals surface area contributed by atoms with Gasteiger partial charge in [0.05, 0.1) is 17.7 Å². The molecule has 0 bridgehead atoms. The molecule has 122 valence electrons. The number of anilines is 1. The average molecular weight is 324 g/mol. The summed E-state index contributed by atoms with van der Waals surface area (Å²) in [7, 11) is 0. The van der Waals surface area contributed by atoms with Crippen molar-refractivity contribution >= 4 is 17.7 Å². The fraction of sp³-hybridized carbons (Fsp3) is 0.111. The lowest BCUT2D eigenvalue weighted by atomic mass is 10.1. The number of benzene rings is 2. The van der Waals surface area contributed by atoms with E-state index in [9.17, 15) is 9.59 Å². The van der Waals surface area contributed by atoms with Gasteiger partial charge in [-0.05, 0) is 17.7 Å². The van der Waals surface area contributed by atoms with Crippen LogP contribution in [-0.2, 0) is 11.3 Å². The Bertz CT molecular complexity index is 792. The Morgan fingerprint density at radius 2 is 1.88 bits per heavy atom. The van der Waals surface area contributed by atoms with Gasteiger partial charge in [0.15, 0.2) is 0 Å². The summed E-state index contributed by atoms with van der Waals surface area (Å²) in [6, 6.07) is 13.8. The van der Waals surface area contributed by atoms with E-state index in [2.05, 4.69) is 17.2 Å². The highest BCUT2D eigenvalue weighted by atomic mass is 16.5. The van der Waals surface area contributed by atoms with E-state index >= 15 is 0 Å². The number of alkyl carbamates (subject to hydrolysis) is 1. The van der Waals surface area contributed by atoms with Gasteiger partial charge in [-0.3, -0.25) is 0 Å². The summed E-state index contributed by atoms with van der Waals surface area (Å²) >= 11 is 0. The predicted octanol–water partition coefficient (Wildman–Crippen LogP) is 2.24. The largest absolute Gasteiger partial charge is 0.478 e. The number of carboxylic acid groups (broad SMARTS) is 1. The van der Waals surface area contributed by atoms with Crippen LogP contribution in [0.3, 0.4) is 0 Å². The maximum absolute atomic E-state index is 11.5. The molecule has 0 aliphatic rings. The molecule has 0 spiro atoms. The molecule has 0 heterocycles. The van der Waals surface area contributed by atoms with Gasteiger partial charge in [0.2, 0.25) is 0 Å². The number of nitrogen functional groups attached to an aromatic ring is 1. The molecule has 24 heavy (non-hydrogen) atoms. The van der Waals surface area contributed by atoms with E-state index in [1.165, 1.54) is 6.07 Å². The Balaban J connectivity index is 1.88. The van der Waals surface area contributed by atoms with Gasteiger partial charge in [-0.1, -0.05) is 48.2 Å². The molecule has 6 nitrogen and oxygen atoms in total. The zero-order valence-electron chi connectivity index (χ0n) is 12.8. The van der Waals surface area contributed by atoms with E-state index < -0.39 is 12.1 Å². The molecular weight excluding hydrogens is 308 g/mol. The molecular formula is C18H16N2O4. The molecule has 0 unspecified atom stereocenters. The second kappa shape index (κ2) is 8.25. The summed E-state index contributed by atoms with van der Waals surface area (Å²) in [5, 5.41) is 11.6. The molecule has 2 rings (SSSR count). The van der Waals surface area contributed by atoms with Gasteiger partial charge in [0.25, 0.3) is 0 Å². The second-order valence-corrected chi connectivity index (χ2v) is 4.79. The number of nitrogens with one attached hydrogen (secondary N) is 1. The van der Waals surface area contributed by atoms with Crippen LogP contribution in [0.15, 0.2) is 48.5 Å². The van der Waals surface area contributed by atoms with Gasteiger partial charge in [-0.2, -0.15) is 0 Å². The maximum atomic E-state index is 11.5. The van der Waals surface area contributed by atoms with Crippen molar-refractivity contribution in [3.8, 4) is 11.8 Å². The maximum Gasteiger partial charge on any atom is 0.408 e. The van der Waals surface area contributed by atoms with E-state index in [0.717, 1.165) is 5.56 Å². The second-order valence-electron chi connectivity index (χ2n) is 4.79. The van der Waals surface area contributed by atoms with Crippen molar-refractivity contribution in [3.63, 3.8) is 0 Å². The summed E-state index contributed by atoms with van der Waals surface area (Å²) < 4.78 is 5.03. The van der Waals surface area contributed by atoms with Crippen LogP contribution in [0.2, 0.25) is 0 Å². The van der Waals surface area contributed by atoms with Gasteiger partial charge in [-0.25, -0.2) is 9.59 Å². The summed E-state index contributed by atoms with van der Waals surface area (Å²) in [6.45, 7) is 0.177. The van der Waals surface area contributed by atoms with E-state index in [-0.39, 0.29) is 30.0 Å². The molecule has 0 aromatic heterocycles. The molecule has 4 N–H and O–H groups in total. The van der Waals surface area contributed by atoms with Crippen LogP contribution >= 0.6 is 0 Å². The molecule has 0 aliphatic heterocycles. The first-order valence-electron chi connectivity index (χ1n) is 7.13. The number of carboxylic acids is 1. The molecule has 0 fully saturated rings. The Morgan fingerprint density at radius 1 is 1.12 bits per heavy atom. The van der Waals surface area contributed by atoms with E-state index in [1.54, 1.807) is 12.1 Å². The molecule has 0 radical (unpaired) electrons. The summed E-state index contributed by atoms with van der Waals surface area (Å²) in [6.07, 6.45) is -0.604. The molecule has 0 saturated heterocycles. The lowest BCUT2D eigenvalue weighted by Gasteiger charge is -2.05. The predicted molar refractivity (Wildman–Crippen MR) is 89.3 cm³/mol. The SMILES string of the molecule is Nc1cccc(C(=O)O)c1C#CCNC(=O)OCc1ccccc1. The first-order valence-corrected chi connectivity index (χ1v) is 7.13. The van der Waals surface area contributed by atoms with Crippen LogP contribution in [0.4, 0.5) is 10.5 Å². The number of aromatic carboxylic acids is 1. The van der Waals surface area contributed by atoms with Crippen molar-refractivity contribution in [1.82, 2.24) is 5.32 Å². The van der Waals surface area contributed by atoms with Gasteiger partial charge in [0, 0.05) is 5.69 Å². The number of hydrogen-bond acceptors (Lipinski definition) is 4. The topological polar surface area (TPSA) is 102 Å². The van der Waals surface area contributed by atoms with Crippen molar-refractivity contribution in [2.75, 3.05) is 12.3 Å². The van der Waals surface area contributed by atoms with Crippen LogP contribution in [0.25, 0.3) is 0 Å². The number of nitrogens with two attached hydrogens (primary N) is 1. The minimum absolute atomic E-state index is 0.0149. The van der Waals surface area contributed by atoms with E-state index in [1.807, 2.05) is 30.3 Å². The lowest BCUT2D eigenvalue weighted by Crippen LogP contribution is -2.24. The van der Waals surface area contributed by atoms with Crippen molar-refractivity contribution in [2.45, 2.75) is 6.61 Å². The number of hydrogen-bond donors (Lipinski definition) is 3. The summed E-state index contributed by atoms with van der Waals surface area (Å²) in [5.74, 6) is 4.22. The summed E-state index contributed by atoms with van der Waals surface area (Å²) in [5.41, 5.74) is 7.13. The Morgan fingerprint density at radius 3 is 2.58 bits per heavy atom. The standard InChI is InChI=1S/C18H16N2O4/c19-16-10-4-8-15(17(21)22)14(16)9-5-11-20-18(23)24-12-13-6-2-1-3-7-13/h1-4,6-8,10H,11-12,19H2,(H,20,23)(H,21,22). The zero-order chi connectivity index (χ0) is 17.4. The number of ether oxygens (including phenoxy) is 1. The van der Waals surface area contributed by atoms with Gasteiger partial charge in [-0.15, -0.1) is 0 Å². The first kappa shape index (κ1) is 16.9. The number of carbonyl (C=O) groups is 2. The van der Waals surface area contributed by atoms with Crippen LogP contribution in [0.5, 0.6) is 0 Å². The van der Waals surface area contributed by atoms with Crippen molar-refractivity contribution < 1.29 is 19.4 Å². The third-order valence-electron chi connectivity index (χ3n) is 3.07. The molecule has 1 amide bonds. The van der Waals surface area contributed by atoms with E-state index in [4.69, 9.17) is 15.6 Å². The molecule has 2 aromatic carbocycles. The van der Waals surface area contributed by atoms with Crippen LogP contribution in [0.1, 0.15) is 21.5 Å². The average Bonchev–Trinajstić information content (AvgIpc) is 2.58. The van der Waals surface area contributed by atoms with Crippen molar-refractivity contribution in [2.24, 2.45) is 0 Å². The van der Waals surface area contributed by atoms with Crippen LogP contribution in [0, 0.1) is 11.8 Å². The Hall–Kier alpha value is -3.46. The quantitative estimate of drug-likeness (QED) is 0.591. The minimum atomic E-state index is -1.11. The highest BCUT2D eigenvalue weighted by Gasteiger charge is 2.10. The smallest absolute Gasteiger partial charge is 0.408 e. The number of amides is 1. The van der Waals surface area contributed by atoms with Crippen molar-refractivity contribution in [1.29, 1.82) is 0 Å². The minimum Gasteiger partial charge on any atom is -0.478 e. The van der Waals surface area contributed by atoms with Gasteiger partial charge < -0.3 is 20.9 Å². The molecule has 2 aromatic rings. The summed E-state index contributed by atoms with van der Waals surface area (Å²) in [4.78, 5) is 22.7. The Labute approximate surface area is 139 Å². The van der Waals surface area contributed by atoms with Crippen LogP contribution in [-0.4, -0.2) is 23.7 Å². The molecule has 0 saturated carbocycles.